The molecule has 1 aliphatic rings. The Morgan fingerprint density at radius 3 is 1.10 bits per heavy atom. The first-order chi connectivity index (χ1) is 4.55. The van der Waals surface area contributed by atoms with Crippen LogP contribution in [0, 0.1) is 11.8 Å². The molecule has 1 rings (SSSR count). The Kier molecular flexibility index (Phi) is 1.92. The lowest BCUT2D eigenvalue weighted by molar-refractivity contribution is 0.121. The van der Waals surface area contributed by atoms with Gasteiger partial charge >= 0.3 is 0 Å². The fraction of sp³-hybridized carbons (Fsp3) is 1.00. The molecule has 3 unspecified atom stereocenters. The van der Waals surface area contributed by atoms with E-state index in [-0.39, 0.29) is 0 Å². The number of hydrogen-bond acceptors (Lipinski definition) is 0. The molecule has 3 heteroatoms. The predicted molar refractivity (Wildman–Crippen MR) is 33.0 cm³/mol. The van der Waals surface area contributed by atoms with Crippen LogP contribution in [0.4, 0.5) is 13.2 Å². The van der Waals surface area contributed by atoms with Gasteiger partial charge in [-0.2, -0.15) is 0 Å². The van der Waals surface area contributed by atoms with E-state index in [9.17, 15) is 13.2 Å². The lowest BCUT2D eigenvalue weighted by Crippen LogP contribution is -2.19. The van der Waals surface area contributed by atoms with Crippen LogP contribution >= 0.6 is 0 Å². The van der Waals surface area contributed by atoms with Crippen molar-refractivity contribution in [2.45, 2.75) is 32.4 Å². The molecule has 10 heavy (non-hydrogen) atoms. The summed E-state index contributed by atoms with van der Waals surface area (Å²) in [4.78, 5) is 0. The van der Waals surface area contributed by atoms with Crippen molar-refractivity contribution >= 4 is 0 Å². The maximum atomic E-state index is 12.6. The molecule has 1 fully saturated rings. The van der Waals surface area contributed by atoms with Crippen LogP contribution in [-0.4, -0.2) is 18.5 Å². The number of alkyl halides is 3. The lowest BCUT2D eigenvalue weighted by Gasteiger charge is -2.09. The maximum Gasteiger partial charge on any atom is 0.163 e. The summed E-state index contributed by atoms with van der Waals surface area (Å²) < 4.78 is 37.7. The minimum Gasteiger partial charge on any atom is -0.244 e. The van der Waals surface area contributed by atoms with Gasteiger partial charge in [0.15, 0.2) is 6.17 Å². The average Bonchev–Trinajstić information content (AvgIpc) is 2.07. The molecule has 0 amide bonds. The van der Waals surface area contributed by atoms with Crippen molar-refractivity contribution in [3.8, 4) is 0 Å². The zero-order chi connectivity index (χ0) is 7.89. The van der Waals surface area contributed by atoms with E-state index in [2.05, 4.69) is 0 Å². The second-order valence-electron chi connectivity index (χ2n) is 3.05. The van der Waals surface area contributed by atoms with Crippen LogP contribution in [0.2, 0.25) is 0 Å². The highest BCUT2D eigenvalue weighted by Crippen LogP contribution is 2.37. The van der Waals surface area contributed by atoms with Crippen molar-refractivity contribution in [2.75, 3.05) is 0 Å². The molecule has 1 aliphatic carbocycles. The summed E-state index contributed by atoms with van der Waals surface area (Å²) >= 11 is 0. The quantitative estimate of drug-likeness (QED) is 0.499. The van der Waals surface area contributed by atoms with Crippen molar-refractivity contribution in [1.29, 1.82) is 0 Å². The Hall–Kier alpha value is -0.210. The van der Waals surface area contributed by atoms with Crippen molar-refractivity contribution in [1.82, 2.24) is 0 Å². The summed E-state index contributed by atoms with van der Waals surface area (Å²) in [5.74, 6) is -0.963. The van der Waals surface area contributed by atoms with Gasteiger partial charge in [-0.1, -0.05) is 13.8 Å². The molecule has 0 aromatic heterocycles. The first-order valence-corrected chi connectivity index (χ1v) is 3.48. The molecule has 1 saturated carbocycles. The van der Waals surface area contributed by atoms with Gasteiger partial charge in [-0.25, -0.2) is 13.2 Å². The lowest BCUT2D eigenvalue weighted by atomic mass is 9.99. The van der Waals surface area contributed by atoms with E-state index in [1.54, 1.807) is 13.8 Å². The number of hydrogen-bond donors (Lipinski definition) is 0. The summed E-state index contributed by atoms with van der Waals surface area (Å²) in [5, 5.41) is 0. The molecule has 0 N–H and O–H groups in total. The van der Waals surface area contributed by atoms with Gasteiger partial charge in [-0.15, -0.1) is 0 Å². The van der Waals surface area contributed by atoms with Crippen molar-refractivity contribution in [3.05, 3.63) is 0 Å². The molecule has 5 atom stereocenters. The van der Waals surface area contributed by atoms with Crippen LogP contribution in [0.5, 0.6) is 0 Å². The van der Waals surface area contributed by atoms with Gasteiger partial charge in [0, 0.05) is 0 Å². The van der Waals surface area contributed by atoms with Crippen LogP contribution in [0.3, 0.4) is 0 Å². The third kappa shape index (κ3) is 0.917. The number of rotatable bonds is 0. The summed E-state index contributed by atoms with van der Waals surface area (Å²) in [5.41, 5.74) is 0. The van der Waals surface area contributed by atoms with E-state index in [1.165, 1.54) is 0 Å². The van der Waals surface area contributed by atoms with Gasteiger partial charge in [0.25, 0.3) is 0 Å². The second kappa shape index (κ2) is 2.44. The first kappa shape index (κ1) is 7.89. The predicted octanol–water partition coefficient (Wildman–Crippen LogP) is 2.29. The van der Waals surface area contributed by atoms with Crippen LogP contribution < -0.4 is 0 Å². The topological polar surface area (TPSA) is 0 Å². The largest absolute Gasteiger partial charge is 0.244 e. The van der Waals surface area contributed by atoms with Crippen molar-refractivity contribution < 1.29 is 13.2 Å². The smallest absolute Gasteiger partial charge is 0.163 e. The van der Waals surface area contributed by atoms with E-state index >= 15 is 0 Å². The van der Waals surface area contributed by atoms with Crippen molar-refractivity contribution in [2.24, 2.45) is 11.8 Å². The molecule has 0 heterocycles. The average molecular weight is 152 g/mol. The molecule has 0 aromatic carbocycles. The summed E-state index contributed by atoms with van der Waals surface area (Å²) in [7, 11) is 0. The Labute approximate surface area is 58.4 Å². The van der Waals surface area contributed by atoms with Crippen molar-refractivity contribution in [3.63, 3.8) is 0 Å². The fourth-order valence-corrected chi connectivity index (χ4v) is 1.34. The molecule has 0 spiro atoms. The third-order valence-electron chi connectivity index (χ3n) is 2.44. The molecule has 0 radical (unpaired) electrons. The molecule has 0 nitrogen and oxygen atoms in total. The van der Waals surface area contributed by atoms with Crippen LogP contribution in [-0.2, 0) is 0 Å². The molecule has 0 aromatic rings. The zero-order valence-corrected chi connectivity index (χ0v) is 6.02. The van der Waals surface area contributed by atoms with Crippen LogP contribution in [0.25, 0.3) is 0 Å². The normalized spacial score (nSPS) is 55.5. The zero-order valence-electron chi connectivity index (χ0n) is 6.02. The molecule has 60 valence electrons. The first-order valence-electron chi connectivity index (χ1n) is 3.48. The van der Waals surface area contributed by atoms with E-state index in [4.69, 9.17) is 0 Å². The summed E-state index contributed by atoms with van der Waals surface area (Å²) in [6, 6.07) is 0. The summed E-state index contributed by atoms with van der Waals surface area (Å²) in [6.07, 6.45) is -5.11. The van der Waals surface area contributed by atoms with Gasteiger partial charge < -0.3 is 0 Å². The highest BCUT2D eigenvalue weighted by atomic mass is 19.2. The van der Waals surface area contributed by atoms with E-state index in [1.807, 2.05) is 0 Å². The minimum atomic E-state index is -1.90. The van der Waals surface area contributed by atoms with Gasteiger partial charge in [-0.05, 0) is 11.8 Å². The second-order valence-corrected chi connectivity index (χ2v) is 3.05. The third-order valence-corrected chi connectivity index (χ3v) is 2.44. The van der Waals surface area contributed by atoms with Gasteiger partial charge in [0.1, 0.15) is 12.3 Å². The maximum absolute atomic E-state index is 12.6. The molecular weight excluding hydrogens is 141 g/mol. The molecule has 0 saturated heterocycles. The molecule has 0 bridgehead atoms. The summed E-state index contributed by atoms with van der Waals surface area (Å²) in [6.45, 7) is 3.09. The fourth-order valence-electron chi connectivity index (χ4n) is 1.34. The van der Waals surface area contributed by atoms with Gasteiger partial charge in [-0.3, -0.25) is 0 Å². The highest BCUT2D eigenvalue weighted by molar-refractivity contribution is 4.94. The van der Waals surface area contributed by atoms with E-state index in [0.717, 1.165) is 0 Å². The van der Waals surface area contributed by atoms with Gasteiger partial charge in [0.05, 0.1) is 0 Å². The Morgan fingerprint density at radius 2 is 1.00 bits per heavy atom. The highest BCUT2D eigenvalue weighted by Gasteiger charge is 2.47. The molecular formula is C7H11F3. The molecule has 0 aliphatic heterocycles. The Morgan fingerprint density at radius 1 is 0.700 bits per heavy atom. The Bertz CT molecular complexity index is 81.2. The van der Waals surface area contributed by atoms with Crippen LogP contribution in [0.15, 0.2) is 0 Å². The van der Waals surface area contributed by atoms with Crippen LogP contribution in [0.1, 0.15) is 13.8 Å². The monoisotopic (exact) mass is 152 g/mol. The van der Waals surface area contributed by atoms with E-state index in [0.29, 0.717) is 0 Å². The minimum absolute atomic E-state index is 0.481. The SMILES string of the molecule is C[C@@H]1C(F)C(F)C(F)[C@@H]1C. The van der Waals surface area contributed by atoms with E-state index < -0.39 is 30.4 Å². The number of halogens is 3. The van der Waals surface area contributed by atoms with Gasteiger partial charge in [0.2, 0.25) is 0 Å². The Balaban J connectivity index is 2.68. The standard InChI is InChI=1S/C7H11F3/c1-3-4(2)6(9)7(10)5(3)8/h3-7H,1-2H3/t3-,4+,5?,6?,7?.